The van der Waals surface area contributed by atoms with Gasteiger partial charge in [-0.05, 0) is 120 Å². The molecule has 14 aliphatic rings. The molecule has 0 radical (unpaired) electrons. The number of amides is 1. The molecule has 13 fully saturated rings. The normalized spacial score (nSPS) is 48.7. The maximum absolute atomic E-state index is 17.0. The Morgan fingerprint density at radius 2 is 1.01 bits per heavy atom. The van der Waals surface area contributed by atoms with Gasteiger partial charge in [-0.1, -0.05) is 91.0 Å². The van der Waals surface area contributed by atoms with E-state index >= 15 is 9.59 Å². The zero-order valence-electron chi connectivity index (χ0n) is 84.3. The fourth-order valence-corrected chi connectivity index (χ4v) is 25.3. The van der Waals surface area contributed by atoms with Gasteiger partial charge in [-0.3, -0.25) is 9.59 Å². The second kappa shape index (κ2) is 45.5. The molecule has 9 heterocycles. The Kier molecular flexibility index (Phi) is 36.3. The molecule has 14 rings (SSSR count). The van der Waals surface area contributed by atoms with E-state index in [1.54, 1.807) is 46.8 Å². The molecule has 146 heavy (non-hydrogen) atoms. The third kappa shape index (κ3) is 22.1. The molecular formula is C99H155NO46. The van der Waals surface area contributed by atoms with Crippen LogP contribution in [-0.4, -0.2) is 462 Å². The number of aliphatic hydroxyl groups excluding tert-OH is 23. The van der Waals surface area contributed by atoms with Gasteiger partial charge >= 0.3 is 11.9 Å². The van der Waals surface area contributed by atoms with Gasteiger partial charge in [0.1, 0.15) is 170 Å². The van der Waals surface area contributed by atoms with Crippen LogP contribution in [0.2, 0.25) is 0 Å². The fraction of sp³-hybridized carbons (Fsp3) is 0.848. The first kappa shape index (κ1) is 117. The lowest BCUT2D eigenvalue weighted by atomic mass is 9.34. The van der Waals surface area contributed by atoms with Crippen molar-refractivity contribution in [2.24, 2.45) is 50.2 Å². The van der Waals surface area contributed by atoms with Gasteiger partial charge in [-0.15, -0.1) is 13.2 Å². The summed E-state index contributed by atoms with van der Waals surface area (Å²) in [6.45, 7) is 28.6. The number of rotatable bonds is 36. The van der Waals surface area contributed by atoms with Gasteiger partial charge in [0.15, 0.2) is 56.2 Å². The minimum absolute atomic E-state index is 0.0274. The van der Waals surface area contributed by atoms with E-state index in [0.29, 0.717) is 31.3 Å². The average molecular weight is 2100 g/mol. The average Bonchev–Trinajstić information content (AvgIpc) is 1.46. The predicted octanol–water partition coefficient (Wildman–Crippen LogP) is -5.94. The fourth-order valence-electron chi connectivity index (χ4n) is 25.3. The van der Waals surface area contributed by atoms with Crippen LogP contribution in [0, 0.1) is 50.2 Å². The minimum atomic E-state index is -2.33. The number of allylic oxidation sites excluding steroid dienone is 2. The van der Waals surface area contributed by atoms with E-state index in [4.69, 9.17) is 90.0 Å². The molecule has 18 unspecified atom stereocenters. The monoisotopic (exact) mass is 2090 g/mol. The van der Waals surface area contributed by atoms with Crippen LogP contribution < -0.4 is 5.32 Å². The summed E-state index contributed by atoms with van der Waals surface area (Å²) in [6, 6.07) is -1.39. The molecule has 52 atom stereocenters. The van der Waals surface area contributed by atoms with E-state index in [-0.39, 0.29) is 60.8 Å². The van der Waals surface area contributed by atoms with Crippen molar-refractivity contribution >= 4 is 17.8 Å². The summed E-state index contributed by atoms with van der Waals surface area (Å²) >= 11 is 0. The van der Waals surface area contributed by atoms with Crippen LogP contribution >= 0.6 is 0 Å². The molecule has 9 saturated heterocycles. The number of ether oxygens (including phenoxy) is 19. The van der Waals surface area contributed by atoms with Gasteiger partial charge < -0.3 is 218 Å². The van der Waals surface area contributed by atoms with Gasteiger partial charge in [-0.25, -0.2) is 4.79 Å². The number of aliphatic hydroxyl groups is 24. The Morgan fingerprint density at radius 3 is 1.64 bits per heavy atom. The summed E-state index contributed by atoms with van der Waals surface area (Å²) < 4.78 is 118. The van der Waals surface area contributed by atoms with E-state index in [2.05, 4.69) is 38.9 Å². The van der Waals surface area contributed by atoms with Crippen LogP contribution in [0.15, 0.2) is 72.6 Å². The Hall–Kier alpha value is -4.95. The first-order valence-electron chi connectivity index (χ1n) is 50.3. The first-order valence-corrected chi connectivity index (χ1v) is 50.3. The van der Waals surface area contributed by atoms with Crippen molar-refractivity contribution in [1.29, 1.82) is 0 Å². The van der Waals surface area contributed by atoms with Crippen molar-refractivity contribution in [3.8, 4) is 0 Å². The zero-order chi connectivity index (χ0) is 107. The third-order valence-corrected chi connectivity index (χ3v) is 34.1. The highest BCUT2D eigenvalue weighted by molar-refractivity contribution is 5.89. The van der Waals surface area contributed by atoms with Crippen LogP contribution in [0.25, 0.3) is 0 Å². The van der Waals surface area contributed by atoms with Crippen LogP contribution in [-0.2, 0) is 104 Å². The summed E-state index contributed by atoms with van der Waals surface area (Å²) in [5, 5.41) is 272. The number of esters is 2. The standard InChI is InChI=1S/C99H155NO46/c1-17-94(12,127)25-19-21-44(32-101)39(3)130-74-41(5)133-88(72(123)68(74)119)146-95(13,18-2)26-20-22-45(33-102)82(125)138-56-31-99(91(126)145-90-78(67(118)61(112)48(35-104)136-90)144-87-73(124)76(142-86-71(122)65(116)60(111)47(34-103)134-86)75(42(6)132-87)141-85-70(121)62(113)49(36-105)135-85)53(30-92(56,8)9)98(16)52(29-54(99)108)97(15)27-23-51-93(10,11)55(24-28-96(51,14)80(97)79-81(98)140-79)139-83-57(100-43(7)106)64(115)63(114)50(137-83)38-129-89-77(66(117)58(109)40(4)131-89)143-84-69(120)59(110)46(107)37-128-84/h17-18,21-22,29,40-42,46-51,53-81,83-90,101-105,107-124,127H,1-3,19-20,23-28,30-38H2,4-16H3,(H,100,106)/b44-21+,45-22+/t40?,41?,42?,46-,47?,48?,49+,50?,51?,53?,54-,55+,56+,57?,58+,59+,60-,61-,62-,63-,64-,65+,66+,67+,68-,69?,70+,71?,72?,73+,74-,75+,76?,77?,78?,79?,80?,81+,83+,84+,85+,86+,87+,88+,89-,90+,94?,95-,96+,97+,98-,99-/m1/s1. The molecule has 1 amide bonds. The maximum Gasteiger partial charge on any atom is 0.336 e. The zero-order valence-corrected chi connectivity index (χ0v) is 84.3. The lowest BCUT2D eigenvalue weighted by Gasteiger charge is -2.69. The maximum atomic E-state index is 17.0. The predicted molar refractivity (Wildman–Crippen MR) is 493 cm³/mol. The summed E-state index contributed by atoms with van der Waals surface area (Å²) in [5.74, 6) is -4.78. The van der Waals surface area contributed by atoms with Crippen molar-refractivity contribution in [2.75, 3.05) is 46.2 Å². The molecule has 47 nitrogen and oxygen atoms in total. The summed E-state index contributed by atoms with van der Waals surface area (Å²) in [7, 11) is 0. The lowest BCUT2D eigenvalue weighted by molar-refractivity contribution is -0.390. The first-order chi connectivity index (χ1) is 68.5. The van der Waals surface area contributed by atoms with Crippen molar-refractivity contribution in [3.63, 3.8) is 0 Å². The van der Waals surface area contributed by atoms with Gasteiger partial charge in [-0.2, -0.15) is 0 Å². The number of hydrogen-bond acceptors (Lipinski definition) is 46. The highest BCUT2D eigenvalue weighted by Gasteiger charge is 2.81. The molecule has 5 aliphatic carbocycles. The number of carbonyl (C=O) groups excluding carboxylic acids is 3. The molecule has 0 aromatic carbocycles. The van der Waals surface area contributed by atoms with E-state index < -0.39 is 384 Å². The molecular weight excluding hydrogens is 1940 g/mol. The van der Waals surface area contributed by atoms with Gasteiger partial charge in [0.25, 0.3) is 0 Å². The molecule has 0 aromatic rings. The smallest absolute Gasteiger partial charge is 0.336 e. The molecule has 0 bridgehead atoms. The van der Waals surface area contributed by atoms with Crippen molar-refractivity contribution in [1.82, 2.24) is 5.32 Å². The highest BCUT2D eigenvalue weighted by atomic mass is 16.8. The molecule has 0 spiro atoms. The number of carbonyl (C=O) groups is 3. The topological polar surface area (TPSA) is 727 Å². The molecule has 9 aliphatic heterocycles. The van der Waals surface area contributed by atoms with Crippen molar-refractivity contribution in [3.05, 3.63) is 72.6 Å². The minimum Gasteiger partial charge on any atom is -0.485 e. The van der Waals surface area contributed by atoms with E-state index in [1.807, 2.05) is 20.8 Å². The van der Waals surface area contributed by atoms with Crippen LogP contribution in [0.1, 0.15) is 154 Å². The largest absolute Gasteiger partial charge is 0.485 e. The van der Waals surface area contributed by atoms with E-state index in [9.17, 15) is 127 Å². The van der Waals surface area contributed by atoms with Gasteiger partial charge in [0.05, 0.1) is 106 Å². The van der Waals surface area contributed by atoms with Crippen molar-refractivity contribution in [2.45, 2.75) is 429 Å². The molecule has 4 saturated carbocycles. The van der Waals surface area contributed by atoms with Gasteiger partial charge in [0, 0.05) is 35.7 Å². The lowest BCUT2D eigenvalue weighted by Crippen LogP contribution is -2.70. The Morgan fingerprint density at radius 1 is 0.493 bits per heavy atom. The number of hydrogen-bond donors (Lipinski definition) is 25. The Labute approximate surface area is 845 Å². The summed E-state index contributed by atoms with van der Waals surface area (Å²) in [5.41, 5.74) is -9.25. The molecule has 25 N–H and O–H groups in total. The van der Waals surface area contributed by atoms with E-state index in [1.165, 1.54) is 39.0 Å². The third-order valence-electron chi connectivity index (χ3n) is 34.1. The van der Waals surface area contributed by atoms with Crippen molar-refractivity contribution < 1.29 is 227 Å². The number of epoxide rings is 1. The SMILES string of the molecule is C=CC(C)(O)CC/C=C(\CO)C(=C)O[C@@H]1C(C)O[C@@H](O[C@](C)(C=C)CC/C=C(\CO)C(=O)O[C@H]2C[C@@]3(C(=O)O[C@@H]4OC(CO)[C@@H](O)[C@H](O)C4O[C@@H]4OC(C)[C@H](O[C@@H]5O[C@@H](CO)[C@@H](O)[C@@H]5O)C(O[C@@H]5OC(CO)[C@@H](O)[C@H](O)C5O)[C@@H]4O)C(CC2(C)C)[C@@]2(C)C(=C[C@H]3O)[C@]3(C)CCC4C(C)(C)[C@@H](O[C@@H]5OC(CO[C@@H]6OC(C)[C@H](O)[C@H](O)C6O[C@@H]6OC[C@@H](O)[C@H](O)C6O)[C@@H](O)[C@H](O)C5NC(C)=O)CC[C@]4(C)C3C3O[C@@H]32)C(O)[C@H]1O. The number of nitrogens with one attached hydrogen (secondary N) is 1. The quantitative estimate of drug-likeness (QED) is 0.00528. The number of fused-ring (bicyclic) bond motifs is 10. The highest BCUT2D eigenvalue weighted by Crippen LogP contribution is 2.79. The second-order valence-electron chi connectivity index (χ2n) is 44.6. The summed E-state index contributed by atoms with van der Waals surface area (Å²) in [4.78, 5) is 45.3. The van der Waals surface area contributed by atoms with E-state index in [0.717, 1.165) is 0 Å². The Bertz CT molecular complexity index is 4580. The summed E-state index contributed by atoms with van der Waals surface area (Å²) in [6.07, 6.45) is -61.9. The second-order valence-corrected chi connectivity index (χ2v) is 44.6. The Balaban J connectivity index is 0.754. The van der Waals surface area contributed by atoms with Crippen LogP contribution in [0.4, 0.5) is 0 Å². The molecule has 832 valence electrons. The molecule has 0 aromatic heterocycles. The molecule has 47 heteroatoms. The van der Waals surface area contributed by atoms with Crippen LogP contribution in [0.3, 0.4) is 0 Å². The van der Waals surface area contributed by atoms with Gasteiger partial charge in [0.2, 0.25) is 12.2 Å². The van der Waals surface area contributed by atoms with Crippen LogP contribution in [0.5, 0.6) is 0 Å².